The van der Waals surface area contributed by atoms with Crippen molar-refractivity contribution in [3.05, 3.63) is 30.6 Å². The molecule has 8 nitrogen and oxygen atoms in total. The van der Waals surface area contributed by atoms with Gasteiger partial charge in [-0.1, -0.05) is 6.92 Å². The molecule has 1 unspecified atom stereocenters. The SMILES string of the molecule is CC1CCN(c2cc(NC(=O)C(C)Oc3ccc4c(c3)OCO4)ncn2)CC1. The first-order chi connectivity index (χ1) is 13.6. The molecule has 1 amide bonds. The van der Waals surface area contributed by atoms with E-state index >= 15 is 0 Å². The third-order valence-corrected chi connectivity index (χ3v) is 5.04. The Kier molecular flexibility index (Phi) is 5.18. The van der Waals surface area contributed by atoms with E-state index in [-0.39, 0.29) is 12.7 Å². The van der Waals surface area contributed by atoms with Gasteiger partial charge in [0.15, 0.2) is 17.6 Å². The van der Waals surface area contributed by atoms with E-state index in [2.05, 4.69) is 27.1 Å². The van der Waals surface area contributed by atoms with Crippen LogP contribution in [0, 0.1) is 5.92 Å². The Bertz CT molecular complexity index is 852. The van der Waals surface area contributed by atoms with Crippen LogP contribution in [0.1, 0.15) is 26.7 Å². The van der Waals surface area contributed by atoms with Gasteiger partial charge in [-0.05, 0) is 37.8 Å². The fraction of sp³-hybridized carbons (Fsp3) is 0.450. The Morgan fingerprint density at radius 3 is 2.82 bits per heavy atom. The summed E-state index contributed by atoms with van der Waals surface area (Å²) in [6.45, 7) is 6.09. The quantitative estimate of drug-likeness (QED) is 0.848. The second-order valence-electron chi connectivity index (χ2n) is 7.20. The maximum Gasteiger partial charge on any atom is 0.266 e. The first-order valence-electron chi connectivity index (χ1n) is 9.52. The van der Waals surface area contributed by atoms with E-state index in [0.29, 0.717) is 23.1 Å². The number of anilines is 2. The molecule has 28 heavy (non-hydrogen) atoms. The molecule has 1 fully saturated rings. The zero-order chi connectivity index (χ0) is 19.5. The number of aromatic nitrogens is 2. The zero-order valence-corrected chi connectivity index (χ0v) is 16.1. The highest BCUT2D eigenvalue weighted by Crippen LogP contribution is 2.35. The van der Waals surface area contributed by atoms with Crippen molar-refractivity contribution in [2.45, 2.75) is 32.8 Å². The van der Waals surface area contributed by atoms with Gasteiger partial charge in [-0.3, -0.25) is 4.79 Å². The van der Waals surface area contributed by atoms with Crippen LogP contribution in [0.5, 0.6) is 17.2 Å². The Labute approximate surface area is 163 Å². The lowest BCUT2D eigenvalue weighted by Gasteiger charge is -2.31. The molecule has 1 atom stereocenters. The van der Waals surface area contributed by atoms with Gasteiger partial charge in [0.05, 0.1) is 0 Å². The van der Waals surface area contributed by atoms with Crippen LogP contribution in [-0.2, 0) is 4.79 Å². The van der Waals surface area contributed by atoms with Gasteiger partial charge >= 0.3 is 0 Å². The summed E-state index contributed by atoms with van der Waals surface area (Å²) in [5.74, 6) is 3.58. The number of ether oxygens (including phenoxy) is 3. The van der Waals surface area contributed by atoms with Crippen molar-refractivity contribution in [2.24, 2.45) is 5.92 Å². The number of piperidine rings is 1. The highest BCUT2D eigenvalue weighted by molar-refractivity contribution is 5.93. The molecule has 2 aliphatic heterocycles. The van der Waals surface area contributed by atoms with E-state index in [1.165, 1.54) is 6.33 Å². The molecular formula is C20H24N4O4. The van der Waals surface area contributed by atoms with E-state index in [1.54, 1.807) is 31.2 Å². The van der Waals surface area contributed by atoms with Gasteiger partial charge in [-0.15, -0.1) is 0 Å². The molecular weight excluding hydrogens is 360 g/mol. The monoisotopic (exact) mass is 384 g/mol. The lowest BCUT2D eigenvalue weighted by atomic mass is 9.99. The third kappa shape index (κ3) is 4.11. The average Bonchev–Trinajstić information content (AvgIpc) is 3.16. The number of nitrogens with zero attached hydrogens (tertiary/aromatic N) is 3. The summed E-state index contributed by atoms with van der Waals surface area (Å²) in [7, 11) is 0. The number of hydrogen-bond donors (Lipinski definition) is 1. The minimum absolute atomic E-state index is 0.195. The number of benzene rings is 1. The van der Waals surface area contributed by atoms with Crippen molar-refractivity contribution >= 4 is 17.5 Å². The predicted octanol–water partition coefficient (Wildman–Crippen LogP) is 2.85. The molecule has 0 bridgehead atoms. The van der Waals surface area contributed by atoms with Gasteiger partial charge in [0.25, 0.3) is 5.91 Å². The van der Waals surface area contributed by atoms with E-state index in [4.69, 9.17) is 14.2 Å². The van der Waals surface area contributed by atoms with E-state index < -0.39 is 6.10 Å². The summed E-state index contributed by atoms with van der Waals surface area (Å²) in [6.07, 6.45) is 3.07. The predicted molar refractivity (Wildman–Crippen MR) is 104 cm³/mol. The van der Waals surface area contributed by atoms with Gasteiger partial charge in [-0.25, -0.2) is 9.97 Å². The van der Waals surface area contributed by atoms with Crippen LogP contribution in [0.25, 0.3) is 0 Å². The summed E-state index contributed by atoms with van der Waals surface area (Å²) in [6, 6.07) is 7.03. The van der Waals surface area contributed by atoms with E-state index in [0.717, 1.165) is 37.7 Å². The molecule has 1 aromatic heterocycles. The number of nitrogens with one attached hydrogen (secondary N) is 1. The lowest BCUT2D eigenvalue weighted by molar-refractivity contribution is -0.122. The fourth-order valence-electron chi connectivity index (χ4n) is 3.26. The first kappa shape index (κ1) is 18.3. The molecule has 0 radical (unpaired) electrons. The number of amides is 1. The number of fused-ring (bicyclic) bond motifs is 1. The molecule has 4 rings (SSSR count). The molecule has 8 heteroatoms. The summed E-state index contributed by atoms with van der Waals surface area (Å²) < 4.78 is 16.3. The van der Waals surface area contributed by atoms with Crippen LogP contribution < -0.4 is 24.4 Å². The Balaban J connectivity index is 1.37. The van der Waals surface area contributed by atoms with E-state index in [1.807, 2.05) is 0 Å². The number of hydrogen-bond acceptors (Lipinski definition) is 7. The summed E-state index contributed by atoms with van der Waals surface area (Å²) >= 11 is 0. The third-order valence-electron chi connectivity index (χ3n) is 5.04. The van der Waals surface area contributed by atoms with Gasteiger partial charge < -0.3 is 24.4 Å². The maximum atomic E-state index is 12.5. The number of carbonyl (C=O) groups is 1. The van der Waals surface area contributed by atoms with Gasteiger partial charge in [0.2, 0.25) is 6.79 Å². The van der Waals surface area contributed by atoms with Crippen molar-refractivity contribution in [1.82, 2.24) is 9.97 Å². The normalized spacial score (nSPS) is 17.3. The number of carbonyl (C=O) groups excluding carboxylic acids is 1. The minimum atomic E-state index is -0.699. The maximum absolute atomic E-state index is 12.5. The van der Waals surface area contributed by atoms with Crippen LogP contribution in [-0.4, -0.2) is 41.9 Å². The second-order valence-corrected chi connectivity index (χ2v) is 7.20. The van der Waals surface area contributed by atoms with Crippen LogP contribution in [0.15, 0.2) is 30.6 Å². The molecule has 1 N–H and O–H groups in total. The first-order valence-corrected chi connectivity index (χ1v) is 9.52. The topological polar surface area (TPSA) is 85.8 Å². The molecule has 2 aromatic rings. The average molecular weight is 384 g/mol. The molecule has 2 aliphatic rings. The molecule has 0 saturated carbocycles. The Hall–Kier alpha value is -3.03. The molecule has 1 saturated heterocycles. The van der Waals surface area contributed by atoms with Crippen LogP contribution >= 0.6 is 0 Å². The van der Waals surface area contributed by atoms with E-state index in [9.17, 15) is 4.79 Å². The fourth-order valence-corrected chi connectivity index (χ4v) is 3.26. The number of rotatable bonds is 5. The molecule has 1 aromatic carbocycles. The molecule has 3 heterocycles. The minimum Gasteiger partial charge on any atom is -0.481 e. The molecule has 148 valence electrons. The summed E-state index contributed by atoms with van der Waals surface area (Å²) in [5.41, 5.74) is 0. The lowest BCUT2D eigenvalue weighted by Crippen LogP contribution is -2.34. The van der Waals surface area contributed by atoms with Gasteiger partial charge in [-0.2, -0.15) is 0 Å². The van der Waals surface area contributed by atoms with Gasteiger partial charge in [0, 0.05) is 25.2 Å². The van der Waals surface area contributed by atoms with Crippen molar-refractivity contribution in [3.8, 4) is 17.2 Å². The van der Waals surface area contributed by atoms with Crippen LogP contribution in [0.3, 0.4) is 0 Å². The van der Waals surface area contributed by atoms with Crippen molar-refractivity contribution < 1.29 is 19.0 Å². The zero-order valence-electron chi connectivity index (χ0n) is 16.1. The standard InChI is InChI=1S/C20H24N4O4/c1-13-5-7-24(8-6-13)19-10-18(21-11-22-19)23-20(25)14(2)28-15-3-4-16-17(9-15)27-12-26-16/h3-4,9-11,13-14H,5-8,12H2,1-2H3,(H,21,22,23,25). The van der Waals surface area contributed by atoms with Crippen molar-refractivity contribution in [1.29, 1.82) is 0 Å². The smallest absolute Gasteiger partial charge is 0.266 e. The largest absolute Gasteiger partial charge is 0.481 e. The van der Waals surface area contributed by atoms with Crippen molar-refractivity contribution in [2.75, 3.05) is 30.1 Å². The van der Waals surface area contributed by atoms with Crippen LogP contribution in [0.4, 0.5) is 11.6 Å². The highest BCUT2D eigenvalue weighted by atomic mass is 16.7. The second kappa shape index (κ2) is 7.92. The van der Waals surface area contributed by atoms with Crippen LogP contribution in [0.2, 0.25) is 0 Å². The van der Waals surface area contributed by atoms with Gasteiger partial charge in [0.1, 0.15) is 23.7 Å². The molecule has 0 aliphatic carbocycles. The highest BCUT2D eigenvalue weighted by Gasteiger charge is 2.20. The molecule has 0 spiro atoms. The Morgan fingerprint density at radius 2 is 2.00 bits per heavy atom. The summed E-state index contributed by atoms with van der Waals surface area (Å²) in [4.78, 5) is 23.3. The summed E-state index contributed by atoms with van der Waals surface area (Å²) in [5, 5.41) is 2.80. The van der Waals surface area contributed by atoms with Crippen molar-refractivity contribution in [3.63, 3.8) is 0 Å². The Morgan fingerprint density at radius 1 is 1.21 bits per heavy atom.